The molecule has 0 bridgehead atoms. The molecule has 0 saturated heterocycles. The largest absolute Gasteiger partial charge is 0.396 e. The normalized spacial score (nSPS) is 44.3. The maximum Gasteiger partial charge on any atom is 0.0493 e. The van der Waals surface area contributed by atoms with Gasteiger partial charge in [-0.15, -0.1) is 0 Å². The Kier molecular flexibility index (Phi) is 6.11. The van der Waals surface area contributed by atoms with Crippen molar-refractivity contribution >= 4 is 0 Å². The van der Waals surface area contributed by atoms with Gasteiger partial charge in [-0.1, -0.05) is 57.4 Å². The molecule has 1 unspecified atom stereocenters. The zero-order valence-electron chi connectivity index (χ0n) is 19.8. The second kappa shape index (κ2) is 8.18. The lowest BCUT2D eigenvalue weighted by Crippen LogP contribution is -2.50. The number of rotatable bonds is 5. The van der Waals surface area contributed by atoms with Crippen molar-refractivity contribution in [3.05, 3.63) is 23.3 Å². The van der Waals surface area contributed by atoms with Crippen LogP contribution >= 0.6 is 0 Å². The molecule has 0 heterocycles. The fraction of sp³-hybridized carbons (Fsp3) is 0.857. The molecule has 0 aromatic rings. The lowest BCUT2D eigenvalue weighted by Gasteiger charge is -2.58. The molecule has 3 saturated carbocycles. The summed E-state index contributed by atoms with van der Waals surface area (Å²) in [6.07, 6.45) is 19.3. The number of aliphatic hydroxyl groups excluding tert-OH is 1. The van der Waals surface area contributed by atoms with Crippen LogP contribution in [0.25, 0.3) is 0 Å². The summed E-state index contributed by atoms with van der Waals surface area (Å²) in [6.45, 7) is 12.5. The van der Waals surface area contributed by atoms with Crippen LogP contribution in [0.5, 0.6) is 0 Å². The third-order valence-corrected chi connectivity index (χ3v) is 10.6. The van der Waals surface area contributed by atoms with E-state index in [1.807, 2.05) is 5.57 Å². The predicted octanol–water partition coefficient (Wildman–Crippen LogP) is 7.56. The van der Waals surface area contributed by atoms with E-state index >= 15 is 0 Å². The average Bonchev–Trinajstić information content (AvgIpc) is 3.08. The lowest BCUT2D eigenvalue weighted by atomic mass is 9.47. The Balaban J connectivity index is 1.50. The Morgan fingerprint density at radius 3 is 2.69 bits per heavy atom. The van der Waals surface area contributed by atoms with Gasteiger partial charge in [-0.3, -0.25) is 0 Å². The van der Waals surface area contributed by atoms with Gasteiger partial charge in [-0.25, -0.2) is 0 Å². The van der Waals surface area contributed by atoms with E-state index in [-0.39, 0.29) is 6.61 Å². The first kappa shape index (κ1) is 21.7. The smallest absolute Gasteiger partial charge is 0.0493 e. The van der Waals surface area contributed by atoms with Crippen LogP contribution in [0.15, 0.2) is 23.3 Å². The van der Waals surface area contributed by atoms with Crippen LogP contribution in [-0.2, 0) is 0 Å². The summed E-state index contributed by atoms with van der Waals surface area (Å²) in [6, 6.07) is 0. The van der Waals surface area contributed by atoms with Gasteiger partial charge in [0.15, 0.2) is 0 Å². The second-order valence-corrected chi connectivity index (χ2v) is 11.9. The summed E-state index contributed by atoms with van der Waals surface area (Å²) >= 11 is 0. The Labute approximate surface area is 180 Å². The Bertz CT molecular complexity index is 659. The Morgan fingerprint density at radius 2 is 1.93 bits per heavy atom. The van der Waals surface area contributed by atoms with Crippen LogP contribution in [0.2, 0.25) is 0 Å². The first-order valence-corrected chi connectivity index (χ1v) is 12.8. The third-order valence-electron chi connectivity index (χ3n) is 10.6. The van der Waals surface area contributed by atoms with Crippen LogP contribution in [0, 0.1) is 46.3 Å². The number of hydrogen-bond donors (Lipinski definition) is 1. The van der Waals surface area contributed by atoms with E-state index < -0.39 is 0 Å². The number of aliphatic hydroxyl groups is 1. The molecular weight excluding hydrogens is 352 g/mol. The number of allylic oxidation sites excluding steroid dienone is 3. The van der Waals surface area contributed by atoms with Crippen molar-refractivity contribution in [2.45, 2.75) is 98.8 Å². The molecule has 4 rings (SSSR count). The molecule has 1 heteroatoms. The van der Waals surface area contributed by atoms with Crippen LogP contribution in [0.1, 0.15) is 98.8 Å². The molecule has 0 aliphatic heterocycles. The fourth-order valence-electron chi connectivity index (χ4n) is 8.55. The third kappa shape index (κ3) is 3.58. The minimum absolute atomic E-state index is 0.275. The maximum absolute atomic E-state index is 9.45. The van der Waals surface area contributed by atoms with Crippen molar-refractivity contribution in [1.82, 2.24) is 0 Å². The van der Waals surface area contributed by atoms with E-state index in [9.17, 15) is 5.11 Å². The first-order chi connectivity index (χ1) is 13.8. The monoisotopic (exact) mass is 398 g/mol. The van der Waals surface area contributed by atoms with E-state index in [1.165, 1.54) is 69.8 Å². The van der Waals surface area contributed by atoms with Gasteiger partial charge in [0.2, 0.25) is 0 Å². The van der Waals surface area contributed by atoms with E-state index in [0.29, 0.717) is 16.7 Å². The highest BCUT2D eigenvalue weighted by atomic mass is 16.3. The van der Waals surface area contributed by atoms with Crippen LogP contribution in [-0.4, -0.2) is 11.7 Å². The second-order valence-electron chi connectivity index (χ2n) is 11.9. The van der Waals surface area contributed by atoms with Crippen LogP contribution in [0.4, 0.5) is 0 Å². The fourth-order valence-corrected chi connectivity index (χ4v) is 8.55. The SMILES string of the molecule is C/C(=C/C[C@@H](C)[C@H]1CC[C@H]2[C@@H]3CC=C4CCCC[C@]4(C)[C@H]3CC[C@]12C)C(C)CO. The molecule has 4 aliphatic rings. The first-order valence-electron chi connectivity index (χ1n) is 12.8. The van der Waals surface area contributed by atoms with Crippen LogP contribution in [0.3, 0.4) is 0 Å². The summed E-state index contributed by atoms with van der Waals surface area (Å²) in [7, 11) is 0. The van der Waals surface area contributed by atoms with Crippen molar-refractivity contribution < 1.29 is 5.11 Å². The van der Waals surface area contributed by atoms with Crippen molar-refractivity contribution in [1.29, 1.82) is 0 Å². The highest BCUT2D eigenvalue weighted by molar-refractivity contribution is 5.24. The predicted molar refractivity (Wildman–Crippen MR) is 124 cm³/mol. The topological polar surface area (TPSA) is 20.2 Å². The van der Waals surface area contributed by atoms with E-state index in [1.54, 1.807) is 0 Å². The van der Waals surface area contributed by atoms with Crippen molar-refractivity contribution in [3.63, 3.8) is 0 Å². The van der Waals surface area contributed by atoms with Crippen LogP contribution < -0.4 is 0 Å². The van der Waals surface area contributed by atoms with E-state index in [4.69, 9.17) is 0 Å². The molecule has 4 aliphatic carbocycles. The average molecular weight is 399 g/mol. The molecule has 0 spiro atoms. The molecule has 0 aromatic heterocycles. The number of hydrogen-bond acceptors (Lipinski definition) is 1. The highest BCUT2D eigenvalue weighted by Gasteiger charge is 2.58. The minimum Gasteiger partial charge on any atom is -0.396 e. The summed E-state index contributed by atoms with van der Waals surface area (Å²) in [5.41, 5.74) is 4.31. The summed E-state index contributed by atoms with van der Waals surface area (Å²) < 4.78 is 0. The maximum atomic E-state index is 9.45. The molecule has 29 heavy (non-hydrogen) atoms. The van der Waals surface area contributed by atoms with Gasteiger partial charge in [0, 0.05) is 6.61 Å². The molecular formula is C28H46O. The Morgan fingerprint density at radius 1 is 1.14 bits per heavy atom. The van der Waals surface area contributed by atoms with Gasteiger partial charge in [0.05, 0.1) is 0 Å². The summed E-state index contributed by atoms with van der Waals surface area (Å²) in [5.74, 6) is 4.82. The van der Waals surface area contributed by atoms with E-state index in [0.717, 1.165) is 29.6 Å². The summed E-state index contributed by atoms with van der Waals surface area (Å²) in [4.78, 5) is 0. The zero-order valence-corrected chi connectivity index (χ0v) is 19.8. The van der Waals surface area contributed by atoms with Gasteiger partial charge in [0.25, 0.3) is 0 Å². The molecule has 8 atom stereocenters. The molecule has 0 amide bonds. The minimum atomic E-state index is 0.275. The standard InChI is InChI=1S/C28H46O/c1-19(21(3)18-29)9-10-20(2)24-13-14-25-23-12-11-22-8-6-7-16-27(22,4)26(23)15-17-28(24,25)5/h9,11,20-21,23-26,29H,6-8,10,12-18H2,1-5H3/b19-9-/t20-,21?,23+,24-,25+,26+,27+,28-/m1/s1. The van der Waals surface area contributed by atoms with Gasteiger partial charge in [-0.2, -0.15) is 0 Å². The molecule has 1 nitrogen and oxygen atoms in total. The quantitative estimate of drug-likeness (QED) is 0.474. The van der Waals surface area contributed by atoms with Crippen molar-refractivity contribution in [3.8, 4) is 0 Å². The van der Waals surface area contributed by atoms with Crippen molar-refractivity contribution in [2.24, 2.45) is 46.3 Å². The van der Waals surface area contributed by atoms with Gasteiger partial charge >= 0.3 is 0 Å². The molecule has 0 aromatic carbocycles. The highest BCUT2D eigenvalue weighted by Crippen LogP contribution is 2.67. The van der Waals surface area contributed by atoms with Crippen molar-refractivity contribution in [2.75, 3.05) is 6.61 Å². The van der Waals surface area contributed by atoms with Gasteiger partial charge in [0.1, 0.15) is 0 Å². The summed E-state index contributed by atoms with van der Waals surface area (Å²) in [5, 5.41) is 9.45. The zero-order chi connectivity index (χ0) is 20.8. The van der Waals surface area contributed by atoms with Gasteiger partial charge < -0.3 is 5.11 Å². The number of fused-ring (bicyclic) bond motifs is 5. The Hall–Kier alpha value is -0.560. The molecule has 1 N–H and O–H groups in total. The molecule has 164 valence electrons. The molecule has 3 fully saturated rings. The molecule has 0 radical (unpaired) electrons. The van der Waals surface area contributed by atoms with E-state index in [2.05, 4.69) is 46.8 Å². The lowest BCUT2D eigenvalue weighted by molar-refractivity contribution is -0.0491. The van der Waals surface area contributed by atoms with Gasteiger partial charge in [-0.05, 0) is 111 Å².